The second-order valence-electron chi connectivity index (χ2n) is 4.94. The van der Waals surface area contributed by atoms with Crippen LogP contribution in [0, 0.1) is 5.41 Å². The minimum atomic E-state index is -3.22. The lowest BCUT2D eigenvalue weighted by Crippen LogP contribution is -2.41. The molecule has 0 bridgehead atoms. The third-order valence-electron chi connectivity index (χ3n) is 3.77. The Bertz CT molecular complexity index is 552. The van der Waals surface area contributed by atoms with E-state index in [1.807, 2.05) is 13.8 Å². The summed E-state index contributed by atoms with van der Waals surface area (Å²) in [4.78, 5) is 12.5. The van der Waals surface area contributed by atoms with Crippen LogP contribution in [0.4, 0.5) is 5.69 Å². The van der Waals surface area contributed by atoms with Crippen molar-refractivity contribution >= 4 is 21.4 Å². The Labute approximate surface area is 120 Å². The molecule has 0 heterocycles. The highest BCUT2D eigenvalue weighted by atomic mass is 32.2. The van der Waals surface area contributed by atoms with Gasteiger partial charge in [0, 0.05) is 18.5 Å². The van der Waals surface area contributed by atoms with E-state index < -0.39 is 15.3 Å². The molecule has 0 spiro atoms. The molecule has 0 fully saturated rings. The first-order chi connectivity index (χ1) is 9.29. The van der Waals surface area contributed by atoms with Gasteiger partial charge in [0.25, 0.3) is 0 Å². The van der Waals surface area contributed by atoms with Crippen molar-refractivity contribution in [1.29, 1.82) is 0 Å². The van der Waals surface area contributed by atoms with Gasteiger partial charge < -0.3 is 11.1 Å². The lowest BCUT2D eigenvalue weighted by atomic mass is 9.81. The molecule has 20 heavy (non-hydrogen) atoms. The first-order valence-electron chi connectivity index (χ1n) is 6.60. The molecule has 0 saturated carbocycles. The summed E-state index contributed by atoms with van der Waals surface area (Å²) in [7, 11) is -3.22. The molecule has 1 aromatic carbocycles. The summed E-state index contributed by atoms with van der Waals surface area (Å²) in [5.41, 5.74) is 5.72. The molecule has 0 unspecified atom stereocenters. The molecular weight excluding hydrogens is 276 g/mol. The van der Waals surface area contributed by atoms with Crippen molar-refractivity contribution in [1.82, 2.24) is 0 Å². The van der Waals surface area contributed by atoms with E-state index in [9.17, 15) is 13.2 Å². The van der Waals surface area contributed by atoms with Gasteiger partial charge in [-0.15, -0.1) is 0 Å². The summed E-state index contributed by atoms with van der Waals surface area (Å²) < 4.78 is 22.7. The topological polar surface area (TPSA) is 89.3 Å². The van der Waals surface area contributed by atoms with Crippen LogP contribution in [0.2, 0.25) is 0 Å². The van der Waals surface area contributed by atoms with Crippen LogP contribution in [0.15, 0.2) is 29.2 Å². The first-order valence-corrected chi connectivity index (χ1v) is 8.50. The molecule has 0 aliphatic heterocycles. The van der Waals surface area contributed by atoms with Gasteiger partial charge in [0.2, 0.25) is 5.91 Å². The summed E-state index contributed by atoms with van der Waals surface area (Å²) in [6.07, 6.45) is 2.47. The van der Waals surface area contributed by atoms with Crippen molar-refractivity contribution in [3.05, 3.63) is 24.3 Å². The van der Waals surface area contributed by atoms with Crippen LogP contribution in [0.1, 0.15) is 26.7 Å². The highest BCUT2D eigenvalue weighted by Crippen LogP contribution is 2.27. The van der Waals surface area contributed by atoms with Crippen LogP contribution in [0.25, 0.3) is 0 Å². The van der Waals surface area contributed by atoms with Gasteiger partial charge in [0.05, 0.1) is 10.3 Å². The summed E-state index contributed by atoms with van der Waals surface area (Å²) in [6.45, 7) is 4.15. The van der Waals surface area contributed by atoms with Crippen LogP contribution in [0.3, 0.4) is 0 Å². The number of rotatable bonds is 6. The minimum Gasteiger partial charge on any atom is -0.329 e. The Morgan fingerprint density at radius 3 is 2.05 bits per heavy atom. The van der Waals surface area contributed by atoms with Crippen molar-refractivity contribution in [2.24, 2.45) is 11.1 Å². The normalized spacial score (nSPS) is 12.2. The van der Waals surface area contributed by atoms with Crippen LogP contribution >= 0.6 is 0 Å². The third kappa shape index (κ3) is 3.58. The van der Waals surface area contributed by atoms with E-state index >= 15 is 0 Å². The third-order valence-corrected chi connectivity index (χ3v) is 4.89. The number of hydrogen-bond donors (Lipinski definition) is 2. The predicted molar refractivity (Wildman–Crippen MR) is 80.3 cm³/mol. The van der Waals surface area contributed by atoms with Crippen LogP contribution in [0.5, 0.6) is 0 Å². The van der Waals surface area contributed by atoms with Gasteiger partial charge in [0.15, 0.2) is 9.84 Å². The predicted octanol–water partition coefficient (Wildman–Crippen LogP) is 1.79. The van der Waals surface area contributed by atoms with Crippen molar-refractivity contribution in [3.63, 3.8) is 0 Å². The van der Waals surface area contributed by atoms with E-state index in [1.165, 1.54) is 12.1 Å². The fourth-order valence-electron chi connectivity index (χ4n) is 2.00. The van der Waals surface area contributed by atoms with E-state index in [0.29, 0.717) is 18.5 Å². The summed E-state index contributed by atoms with van der Waals surface area (Å²) in [5.74, 6) is -0.128. The van der Waals surface area contributed by atoms with Crippen molar-refractivity contribution in [2.75, 3.05) is 18.1 Å². The zero-order valence-electron chi connectivity index (χ0n) is 12.1. The second-order valence-corrected chi connectivity index (χ2v) is 6.96. The number of amides is 1. The molecule has 112 valence electrons. The van der Waals surface area contributed by atoms with Crippen molar-refractivity contribution in [3.8, 4) is 0 Å². The van der Waals surface area contributed by atoms with E-state index in [4.69, 9.17) is 5.73 Å². The Morgan fingerprint density at radius 1 is 1.20 bits per heavy atom. The highest BCUT2D eigenvalue weighted by Gasteiger charge is 2.33. The highest BCUT2D eigenvalue weighted by molar-refractivity contribution is 7.90. The zero-order valence-corrected chi connectivity index (χ0v) is 13.0. The van der Waals surface area contributed by atoms with Gasteiger partial charge in [-0.2, -0.15) is 0 Å². The van der Waals surface area contributed by atoms with Crippen LogP contribution < -0.4 is 11.1 Å². The van der Waals surface area contributed by atoms with Gasteiger partial charge in [-0.1, -0.05) is 13.8 Å². The van der Waals surface area contributed by atoms with Crippen molar-refractivity contribution < 1.29 is 13.2 Å². The fraction of sp³-hybridized carbons (Fsp3) is 0.500. The van der Waals surface area contributed by atoms with E-state index in [0.717, 1.165) is 6.26 Å². The lowest BCUT2D eigenvalue weighted by Gasteiger charge is -2.28. The minimum absolute atomic E-state index is 0.128. The maximum absolute atomic E-state index is 12.3. The molecule has 0 aliphatic rings. The molecule has 1 rings (SSSR count). The number of anilines is 1. The molecule has 0 atom stereocenters. The molecule has 3 N–H and O–H groups in total. The molecule has 6 heteroatoms. The number of nitrogens with one attached hydrogen (secondary N) is 1. The van der Waals surface area contributed by atoms with Crippen molar-refractivity contribution in [2.45, 2.75) is 31.6 Å². The molecule has 5 nitrogen and oxygen atoms in total. The summed E-state index contributed by atoms with van der Waals surface area (Å²) >= 11 is 0. The second kappa shape index (κ2) is 6.37. The van der Waals surface area contributed by atoms with Gasteiger partial charge in [0.1, 0.15) is 0 Å². The number of nitrogens with two attached hydrogens (primary N) is 1. The largest absolute Gasteiger partial charge is 0.329 e. The quantitative estimate of drug-likeness (QED) is 0.838. The summed E-state index contributed by atoms with van der Waals surface area (Å²) in [6, 6.07) is 6.13. The fourth-order valence-corrected chi connectivity index (χ4v) is 2.63. The molecular formula is C14H22N2O3S. The average Bonchev–Trinajstić information content (AvgIpc) is 2.41. The summed E-state index contributed by atoms with van der Waals surface area (Å²) in [5, 5.41) is 2.80. The molecule has 0 radical (unpaired) electrons. The average molecular weight is 298 g/mol. The van der Waals surface area contributed by atoms with Gasteiger partial charge in [-0.25, -0.2) is 8.42 Å². The standard InChI is InChI=1S/C14H22N2O3S/c1-4-14(5-2,10-15)13(17)16-11-6-8-12(9-7-11)20(3,18)19/h6-9H,4-5,10,15H2,1-3H3,(H,16,17). The van der Waals surface area contributed by atoms with E-state index in [1.54, 1.807) is 12.1 Å². The SMILES string of the molecule is CCC(CC)(CN)C(=O)Nc1ccc(S(C)(=O)=O)cc1. The van der Waals surface area contributed by atoms with Gasteiger partial charge in [-0.05, 0) is 37.1 Å². The Hall–Kier alpha value is -1.40. The number of benzene rings is 1. The molecule has 0 aliphatic carbocycles. The lowest BCUT2D eigenvalue weighted by molar-refractivity contribution is -0.125. The molecule has 1 aromatic rings. The Balaban J connectivity index is 2.91. The number of sulfone groups is 1. The molecule has 1 amide bonds. The number of carbonyl (C=O) groups excluding carboxylic acids is 1. The Morgan fingerprint density at radius 2 is 1.70 bits per heavy atom. The smallest absolute Gasteiger partial charge is 0.231 e. The van der Waals surface area contributed by atoms with Gasteiger partial charge >= 0.3 is 0 Å². The zero-order chi connectivity index (χ0) is 15.4. The van der Waals surface area contributed by atoms with Crippen LogP contribution in [-0.2, 0) is 14.6 Å². The molecule has 0 saturated heterocycles. The first kappa shape index (κ1) is 16.7. The molecule has 0 aromatic heterocycles. The van der Waals surface area contributed by atoms with E-state index in [-0.39, 0.29) is 17.3 Å². The maximum atomic E-state index is 12.3. The van der Waals surface area contributed by atoms with E-state index in [2.05, 4.69) is 5.32 Å². The Kier molecular flexibility index (Phi) is 5.30. The van der Waals surface area contributed by atoms with Crippen LogP contribution in [-0.4, -0.2) is 27.1 Å². The monoisotopic (exact) mass is 298 g/mol. The van der Waals surface area contributed by atoms with Gasteiger partial charge in [-0.3, -0.25) is 4.79 Å². The number of hydrogen-bond acceptors (Lipinski definition) is 4. The maximum Gasteiger partial charge on any atom is 0.231 e. The number of carbonyl (C=O) groups is 1.